The molecule has 0 unspecified atom stereocenters. The Morgan fingerprint density at radius 1 is 1.25 bits per heavy atom. The van der Waals surface area contributed by atoms with Gasteiger partial charge in [-0.2, -0.15) is 0 Å². The summed E-state index contributed by atoms with van der Waals surface area (Å²) in [4.78, 5) is 9.53. The normalized spacial score (nSPS) is 22.3. The number of rotatable bonds is 3. The maximum atomic E-state index is 4.48. The highest BCUT2D eigenvalue weighted by Gasteiger charge is 2.19. The van der Waals surface area contributed by atoms with Crippen molar-refractivity contribution in [2.75, 3.05) is 32.7 Å². The molecule has 0 aromatic heterocycles. The minimum absolute atomic E-state index is 1.13. The smallest absolute Gasteiger partial charge is 0.104 e. The molecule has 0 aliphatic carbocycles. The summed E-state index contributed by atoms with van der Waals surface area (Å²) >= 11 is 0. The highest BCUT2D eigenvalue weighted by molar-refractivity contribution is 5.83. The van der Waals surface area contributed by atoms with E-state index in [-0.39, 0.29) is 0 Å². The van der Waals surface area contributed by atoms with Crippen molar-refractivity contribution in [3.05, 3.63) is 12.3 Å². The second-order valence-corrected chi connectivity index (χ2v) is 4.65. The molecule has 2 aliphatic heterocycles. The average Bonchev–Trinajstić information content (AvgIpc) is 2.38. The molecule has 16 heavy (non-hydrogen) atoms. The number of hydrogen-bond donors (Lipinski definition) is 0. The van der Waals surface area contributed by atoms with Crippen molar-refractivity contribution >= 4 is 5.84 Å². The molecule has 0 radical (unpaired) electrons. The maximum Gasteiger partial charge on any atom is 0.104 e. The Morgan fingerprint density at radius 2 is 2.06 bits per heavy atom. The highest BCUT2D eigenvalue weighted by atomic mass is 15.3. The van der Waals surface area contributed by atoms with Crippen LogP contribution in [0.5, 0.6) is 0 Å². The number of piperazine rings is 1. The first-order valence-corrected chi connectivity index (χ1v) is 6.59. The van der Waals surface area contributed by atoms with E-state index < -0.39 is 0 Å². The Kier molecular flexibility index (Phi) is 4.40. The number of aliphatic imine (C=N–C) groups is 1. The van der Waals surface area contributed by atoms with Gasteiger partial charge in [0, 0.05) is 38.8 Å². The van der Waals surface area contributed by atoms with Crippen molar-refractivity contribution in [2.24, 2.45) is 4.99 Å². The van der Waals surface area contributed by atoms with E-state index in [4.69, 9.17) is 0 Å². The molecule has 3 heteroatoms. The Balaban J connectivity index is 1.76. The SMILES string of the molecule is CCCCN1CCN(C2=NC=CCC2)CC1. The van der Waals surface area contributed by atoms with Crippen molar-refractivity contribution in [3.63, 3.8) is 0 Å². The number of nitrogens with zero attached hydrogens (tertiary/aromatic N) is 3. The lowest BCUT2D eigenvalue weighted by Crippen LogP contribution is -2.48. The Labute approximate surface area is 98.8 Å². The van der Waals surface area contributed by atoms with E-state index in [0.29, 0.717) is 0 Å². The summed E-state index contributed by atoms with van der Waals surface area (Å²) in [5.74, 6) is 1.30. The highest BCUT2D eigenvalue weighted by Crippen LogP contribution is 2.10. The standard InChI is InChI=1S/C13H23N3/c1-2-3-8-15-9-11-16(12-10-15)13-6-4-5-7-14-13/h5,7H,2-4,6,8-12H2,1H3. The predicted octanol–water partition coefficient (Wildman–Crippen LogP) is 2.11. The van der Waals surface area contributed by atoms with Crippen molar-refractivity contribution in [1.29, 1.82) is 0 Å². The first-order valence-electron chi connectivity index (χ1n) is 6.59. The lowest BCUT2D eigenvalue weighted by molar-refractivity contribution is 0.178. The number of unbranched alkanes of at least 4 members (excludes halogenated alkanes) is 1. The molecule has 2 rings (SSSR count). The monoisotopic (exact) mass is 221 g/mol. The van der Waals surface area contributed by atoms with Crippen LogP contribution in [0, 0.1) is 0 Å². The van der Waals surface area contributed by atoms with Gasteiger partial charge in [-0.1, -0.05) is 19.4 Å². The summed E-state index contributed by atoms with van der Waals surface area (Å²) in [5, 5.41) is 0. The van der Waals surface area contributed by atoms with E-state index >= 15 is 0 Å². The van der Waals surface area contributed by atoms with Crippen LogP contribution in [0.25, 0.3) is 0 Å². The number of amidine groups is 1. The van der Waals surface area contributed by atoms with E-state index in [2.05, 4.69) is 27.8 Å². The molecular weight excluding hydrogens is 198 g/mol. The summed E-state index contributed by atoms with van der Waals surface area (Å²) < 4.78 is 0. The van der Waals surface area contributed by atoms with Gasteiger partial charge in [0.15, 0.2) is 0 Å². The van der Waals surface area contributed by atoms with E-state index in [1.54, 1.807) is 0 Å². The van der Waals surface area contributed by atoms with Crippen molar-refractivity contribution in [1.82, 2.24) is 9.80 Å². The number of allylic oxidation sites excluding steroid dienone is 1. The summed E-state index contributed by atoms with van der Waals surface area (Å²) in [6.07, 6.45) is 9.05. The van der Waals surface area contributed by atoms with Crippen molar-refractivity contribution < 1.29 is 0 Å². The van der Waals surface area contributed by atoms with E-state index in [1.807, 2.05) is 6.20 Å². The van der Waals surface area contributed by atoms with Crippen LogP contribution >= 0.6 is 0 Å². The molecule has 0 bridgehead atoms. The summed E-state index contributed by atoms with van der Waals surface area (Å²) in [6.45, 7) is 8.29. The first kappa shape index (κ1) is 11.6. The van der Waals surface area contributed by atoms with Gasteiger partial charge in [0.05, 0.1) is 0 Å². The Morgan fingerprint density at radius 3 is 2.69 bits per heavy atom. The van der Waals surface area contributed by atoms with E-state index in [9.17, 15) is 0 Å². The summed E-state index contributed by atoms with van der Waals surface area (Å²) in [7, 11) is 0. The van der Waals surface area contributed by atoms with E-state index in [0.717, 1.165) is 25.9 Å². The lowest BCUT2D eigenvalue weighted by atomic mass is 10.2. The second-order valence-electron chi connectivity index (χ2n) is 4.65. The molecule has 0 N–H and O–H groups in total. The van der Waals surface area contributed by atoms with Crippen LogP contribution in [-0.4, -0.2) is 48.4 Å². The molecule has 0 aromatic rings. The van der Waals surface area contributed by atoms with Crippen LogP contribution in [0.3, 0.4) is 0 Å². The van der Waals surface area contributed by atoms with Crippen molar-refractivity contribution in [2.45, 2.75) is 32.6 Å². The molecule has 1 fully saturated rings. The molecule has 2 aliphatic rings. The zero-order chi connectivity index (χ0) is 11.2. The third-order valence-electron chi connectivity index (χ3n) is 3.43. The summed E-state index contributed by atoms with van der Waals surface area (Å²) in [5.41, 5.74) is 0. The van der Waals surface area contributed by atoms with Crippen LogP contribution in [0.2, 0.25) is 0 Å². The largest absolute Gasteiger partial charge is 0.357 e. The Hall–Kier alpha value is -0.830. The molecular formula is C13H23N3. The molecule has 0 amide bonds. The fourth-order valence-corrected chi connectivity index (χ4v) is 2.34. The fourth-order valence-electron chi connectivity index (χ4n) is 2.34. The zero-order valence-electron chi connectivity index (χ0n) is 10.4. The van der Waals surface area contributed by atoms with Gasteiger partial charge in [0.1, 0.15) is 5.84 Å². The first-order chi connectivity index (χ1) is 7.90. The topological polar surface area (TPSA) is 18.8 Å². The van der Waals surface area contributed by atoms with Gasteiger partial charge < -0.3 is 4.90 Å². The van der Waals surface area contributed by atoms with Crippen molar-refractivity contribution in [3.8, 4) is 0 Å². The second kappa shape index (κ2) is 6.04. The predicted molar refractivity (Wildman–Crippen MR) is 68.7 cm³/mol. The molecule has 0 aromatic carbocycles. The van der Waals surface area contributed by atoms with Gasteiger partial charge in [-0.05, 0) is 19.4 Å². The molecule has 0 spiro atoms. The third kappa shape index (κ3) is 3.08. The van der Waals surface area contributed by atoms with Gasteiger partial charge in [0.25, 0.3) is 0 Å². The summed E-state index contributed by atoms with van der Waals surface area (Å²) in [6, 6.07) is 0. The van der Waals surface area contributed by atoms with Gasteiger partial charge >= 0.3 is 0 Å². The lowest BCUT2D eigenvalue weighted by Gasteiger charge is -2.36. The molecule has 90 valence electrons. The Bertz CT molecular complexity index is 262. The van der Waals surface area contributed by atoms with E-state index in [1.165, 1.54) is 38.3 Å². The fraction of sp³-hybridized carbons (Fsp3) is 0.769. The minimum atomic E-state index is 1.13. The molecule has 0 saturated carbocycles. The van der Waals surface area contributed by atoms with Gasteiger partial charge in [-0.25, -0.2) is 4.99 Å². The van der Waals surface area contributed by atoms with Crippen LogP contribution in [0.15, 0.2) is 17.3 Å². The molecule has 1 saturated heterocycles. The average molecular weight is 221 g/mol. The maximum absolute atomic E-state index is 4.48. The van der Waals surface area contributed by atoms with Gasteiger partial charge in [0.2, 0.25) is 0 Å². The minimum Gasteiger partial charge on any atom is -0.357 e. The zero-order valence-corrected chi connectivity index (χ0v) is 10.4. The van der Waals surface area contributed by atoms with Crippen LogP contribution < -0.4 is 0 Å². The third-order valence-corrected chi connectivity index (χ3v) is 3.43. The van der Waals surface area contributed by atoms with Gasteiger partial charge in [-0.15, -0.1) is 0 Å². The van der Waals surface area contributed by atoms with Crippen LogP contribution in [-0.2, 0) is 0 Å². The van der Waals surface area contributed by atoms with Crippen LogP contribution in [0.1, 0.15) is 32.6 Å². The molecule has 0 atom stereocenters. The van der Waals surface area contributed by atoms with Crippen LogP contribution in [0.4, 0.5) is 0 Å². The molecule has 2 heterocycles. The number of hydrogen-bond acceptors (Lipinski definition) is 3. The van der Waals surface area contributed by atoms with Gasteiger partial charge in [-0.3, -0.25) is 4.90 Å². The molecule has 3 nitrogen and oxygen atoms in total. The quantitative estimate of drug-likeness (QED) is 0.727.